The molecule has 2 N–H and O–H groups in total. The van der Waals surface area contributed by atoms with Crippen LogP contribution in [0, 0.1) is 6.92 Å². The van der Waals surface area contributed by atoms with Gasteiger partial charge < -0.3 is 10.6 Å². The molecule has 2 rings (SSSR count). The van der Waals surface area contributed by atoms with Crippen LogP contribution in [0.3, 0.4) is 0 Å². The summed E-state index contributed by atoms with van der Waals surface area (Å²) in [4.78, 5) is 19.6. The van der Waals surface area contributed by atoms with Gasteiger partial charge in [-0.2, -0.15) is 13.2 Å². The number of carbonyl (C=O) groups excluding carboxylic acids is 1. The Balaban J connectivity index is 1.82. The van der Waals surface area contributed by atoms with E-state index >= 15 is 0 Å². The summed E-state index contributed by atoms with van der Waals surface area (Å²) in [5, 5.41) is 5.99. The zero-order chi connectivity index (χ0) is 17.7. The van der Waals surface area contributed by atoms with Crippen LogP contribution >= 0.6 is 0 Å². The first-order valence-corrected chi connectivity index (χ1v) is 8.21. The van der Waals surface area contributed by atoms with Gasteiger partial charge in [0.15, 0.2) is 0 Å². The molecule has 1 atom stereocenters. The molecule has 0 aromatic carbocycles. The van der Waals surface area contributed by atoms with Crippen molar-refractivity contribution in [2.75, 3.05) is 6.54 Å². The Morgan fingerprint density at radius 1 is 1.33 bits per heavy atom. The van der Waals surface area contributed by atoms with Crippen molar-refractivity contribution in [1.29, 1.82) is 0 Å². The Labute approximate surface area is 139 Å². The number of hydrogen-bond donors (Lipinski definition) is 2. The van der Waals surface area contributed by atoms with Crippen LogP contribution in [-0.4, -0.2) is 34.5 Å². The van der Waals surface area contributed by atoms with E-state index in [0.717, 1.165) is 31.7 Å². The molecule has 8 heteroatoms. The van der Waals surface area contributed by atoms with Crippen molar-refractivity contribution < 1.29 is 18.0 Å². The van der Waals surface area contributed by atoms with Gasteiger partial charge in [0.1, 0.15) is 11.5 Å². The number of nitrogens with one attached hydrogen (secondary N) is 2. The molecular formula is C16H23F3N4O. The molecule has 1 saturated carbocycles. The summed E-state index contributed by atoms with van der Waals surface area (Å²) in [5.41, 5.74) is -0.656. The van der Waals surface area contributed by atoms with E-state index in [1.807, 2.05) is 0 Å². The number of amides is 1. The minimum atomic E-state index is -4.48. The second-order valence-electron chi connectivity index (χ2n) is 6.22. The Kier molecular flexibility index (Phi) is 6.15. The number of hydrogen-bond acceptors (Lipinski definition) is 4. The molecule has 1 aliphatic rings. The van der Waals surface area contributed by atoms with E-state index in [4.69, 9.17) is 0 Å². The van der Waals surface area contributed by atoms with E-state index in [-0.39, 0.29) is 29.9 Å². The molecule has 134 valence electrons. The highest BCUT2D eigenvalue weighted by Gasteiger charge is 2.33. The Hall–Kier alpha value is -1.70. The maximum Gasteiger partial charge on any atom is 0.433 e. The van der Waals surface area contributed by atoms with Crippen molar-refractivity contribution in [3.63, 3.8) is 0 Å². The average molecular weight is 344 g/mol. The van der Waals surface area contributed by atoms with Crippen molar-refractivity contribution in [2.45, 2.75) is 64.2 Å². The lowest BCUT2D eigenvalue weighted by Crippen LogP contribution is -2.46. The minimum Gasteiger partial charge on any atom is -0.352 e. The van der Waals surface area contributed by atoms with Gasteiger partial charge in [-0.3, -0.25) is 4.79 Å². The number of carbonyl (C=O) groups is 1. The number of nitrogens with zero attached hydrogens (tertiary/aromatic N) is 2. The fraction of sp³-hybridized carbons (Fsp3) is 0.688. The molecule has 5 nitrogen and oxygen atoms in total. The van der Waals surface area contributed by atoms with Crippen molar-refractivity contribution in [2.24, 2.45) is 0 Å². The normalized spacial score (nSPS) is 17.0. The first kappa shape index (κ1) is 18.6. The highest BCUT2D eigenvalue weighted by atomic mass is 19.4. The molecule has 1 aromatic rings. The lowest BCUT2D eigenvalue weighted by molar-refractivity contribution is -0.141. The van der Waals surface area contributed by atoms with Gasteiger partial charge in [0.25, 0.3) is 0 Å². The second kappa shape index (κ2) is 7.92. The standard InChI is InChI=1S/C16H23F3N4O/c1-10-9-13(16(17,18)19)23-14(21-10)7-8-20-11(2)15(24)22-12-5-3-4-6-12/h9,11-12,20H,3-8H2,1-2H3,(H,22,24)/t11-/m0/s1. The SMILES string of the molecule is Cc1cc(C(F)(F)F)nc(CCN[C@@H](C)C(=O)NC2CCCC2)n1. The smallest absolute Gasteiger partial charge is 0.352 e. The van der Waals surface area contributed by atoms with Gasteiger partial charge in [-0.1, -0.05) is 12.8 Å². The topological polar surface area (TPSA) is 66.9 Å². The molecule has 0 bridgehead atoms. The van der Waals surface area contributed by atoms with Crippen molar-refractivity contribution in [3.8, 4) is 0 Å². The van der Waals surface area contributed by atoms with Crippen LogP contribution in [0.2, 0.25) is 0 Å². The predicted molar refractivity (Wildman–Crippen MR) is 83.3 cm³/mol. The second-order valence-corrected chi connectivity index (χ2v) is 6.22. The fourth-order valence-corrected chi connectivity index (χ4v) is 2.78. The van der Waals surface area contributed by atoms with Crippen molar-refractivity contribution in [1.82, 2.24) is 20.6 Å². The van der Waals surface area contributed by atoms with Crippen LogP contribution in [0.1, 0.15) is 49.8 Å². The molecule has 1 aromatic heterocycles. The van der Waals surface area contributed by atoms with Crippen molar-refractivity contribution >= 4 is 5.91 Å². The molecule has 1 fully saturated rings. The summed E-state index contributed by atoms with van der Waals surface area (Å²) in [5.74, 6) is 0.0428. The first-order chi connectivity index (χ1) is 11.3. The van der Waals surface area contributed by atoms with E-state index < -0.39 is 17.9 Å². The van der Waals surface area contributed by atoms with Gasteiger partial charge in [0, 0.05) is 24.7 Å². The van der Waals surface area contributed by atoms with Crippen LogP contribution in [0.4, 0.5) is 13.2 Å². The van der Waals surface area contributed by atoms with Gasteiger partial charge in [-0.25, -0.2) is 9.97 Å². The number of aryl methyl sites for hydroxylation is 1. The van der Waals surface area contributed by atoms with Crippen LogP contribution < -0.4 is 10.6 Å². The Morgan fingerprint density at radius 2 is 2.00 bits per heavy atom. The minimum absolute atomic E-state index is 0.0805. The average Bonchev–Trinajstić information content (AvgIpc) is 2.98. The third-order valence-corrected chi connectivity index (χ3v) is 4.08. The van der Waals surface area contributed by atoms with Gasteiger partial charge in [0.2, 0.25) is 5.91 Å². The molecule has 0 radical (unpaired) electrons. The van der Waals surface area contributed by atoms with Crippen LogP contribution in [-0.2, 0) is 17.4 Å². The Morgan fingerprint density at radius 3 is 2.62 bits per heavy atom. The number of halogens is 3. The number of rotatable bonds is 6. The predicted octanol–water partition coefficient (Wildman–Crippen LogP) is 2.38. The zero-order valence-electron chi connectivity index (χ0n) is 13.9. The summed E-state index contributed by atoms with van der Waals surface area (Å²) < 4.78 is 38.2. The molecular weight excluding hydrogens is 321 g/mol. The summed E-state index contributed by atoms with van der Waals surface area (Å²) in [6.45, 7) is 3.58. The van der Waals surface area contributed by atoms with E-state index in [0.29, 0.717) is 6.54 Å². The van der Waals surface area contributed by atoms with Gasteiger partial charge in [0.05, 0.1) is 6.04 Å². The van der Waals surface area contributed by atoms with Gasteiger partial charge in [-0.05, 0) is 32.8 Å². The molecule has 1 aliphatic carbocycles. The monoisotopic (exact) mass is 344 g/mol. The third kappa shape index (κ3) is 5.43. The summed E-state index contributed by atoms with van der Waals surface area (Å²) in [7, 11) is 0. The highest BCUT2D eigenvalue weighted by Crippen LogP contribution is 2.27. The highest BCUT2D eigenvalue weighted by molar-refractivity contribution is 5.81. The summed E-state index contributed by atoms with van der Waals surface area (Å²) >= 11 is 0. The quantitative estimate of drug-likeness (QED) is 0.832. The van der Waals surface area contributed by atoms with E-state index in [1.54, 1.807) is 6.92 Å². The molecule has 24 heavy (non-hydrogen) atoms. The van der Waals surface area contributed by atoms with E-state index in [1.165, 1.54) is 6.92 Å². The molecule has 0 unspecified atom stereocenters. The lowest BCUT2D eigenvalue weighted by Gasteiger charge is -2.17. The first-order valence-electron chi connectivity index (χ1n) is 8.21. The summed E-state index contributed by atoms with van der Waals surface area (Å²) in [6.07, 6.45) is 0.0414. The zero-order valence-corrected chi connectivity index (χ0v) is 13.9. The molecule has 1 amide bonds. The molecule has 0 aliphatic heterocycles. The maximum atomic E-state index is 12.7. The van der Waals surface area contributed by atoms with Crippen molar-refractivity contribution in [3.05, 3.63) is 23.3 Å². The van der Waals surface area contributed by atoms with Gasteiger partial charge in [-0.15, -0.1) is 0 Å². The summed E-state index contributed by atoms with van der Waals surface area (Å²) in [6, 6.07) is 0.767. The van der Waals surface area contributed by atoms with E-state index in [2.05, 4.69) is 20.6 Å². The van der Waals surface area contributed by atoms with Crippen LogP contribution in [0.25, 0.3) is 0 Å². The molecule has 0 saturated heterocycles. The lowest BCUT2D eigenvalue weighted by atomic mass is 10.2. The third-order valence-electron chi connectivity index (χ3n) is 4.08. The van der Waals surface area contributed by atoms with Gasteiger partial charge >= 0.3 is 6.18 Å². The molecule has 0 spiro atoms. The Bertz CT molecular complexity index is 571. The van der Waals surface area contributed by atoms with E-state index in [9.17, 15) is 18.0 Å². The largest absolute Gasteiger partial charge is 0.433 e. The molecule has 1 heterocycles. The van der Waals surface area contributed by atoms with Crippen LogP contribution in [0.5, 0.6) is 0 Å². The maximum absolute atomic E-state index is 12.7. The fourth-order valence-electron chi connectivity index (χ4n) is 2.78. The number of alkyl halides is 3. The number of aromatic nitrogens is 2. The van der Waals surface area contributed by atoms with Crippen LogP contribution in [0.15, 0.2) is 6.07 Å².